The second kappa shape index (κ2) is 6.91. The number of rotatable bonds is 5. The van der Waals surface area contributed by atoms with Gasteiger partial charge < -0.3 is 0 Å². The van der Waals surface area contributed by atoms with Gasteiger partial charge in [0.15, 0.2) is 5.82 Å². The van der Waals surface area contributed by atoms with Crippen LogP contribution in [0.15, 0.2) is 47.5 Å². The second-order valence-electron chi connectivity index (χ2n) is 5.52. The van der Waals surface area contributed by atoms with Gasteiger partial charge in [-0.25, -0.2) is 18.4 Å². The summed E-state index contributed by atoms with van der Waals surface area (Å²) in [5.41, 5.74) is 1.30. The largest absolute Gasteiger partial charge is 0.263 e. The Kier molecular flexibility index (Phi) is 4.85. The molecule has 0 spiro atoms. The van der Waals surface area contributed by atoms with Crippen molar-refractivity contribution in [3.8, 4) is 0 Å². The molecule has 0 saturated heterocycles. The molecule has 3 aromatic rings. The van der Waals surface area contributed by atoms with Crippen LogP contribution in [0.2, 0.25) is 5.15 Å². The van der Waals surface area contributed by atoms with Crippen LogP contribution in [0.1, 0.15) is 28.8 Å². The van der Waals surface area contributed by atoms with E-state index in [2.05, 4.69) is 24.9 Å². The smallest absolute Gasteiger partial charge is 0.243 e. The highest BCUT2D eigenvalue weighted by molar-refractivity contribution is 7.89. The Hall–Kier alpha value is -2.29. The van der Waals surface area contributed by atoms with Gasteiger partial charge in [-0.1, -0.05) is 41.9 Å². The fraction of sp³-hybridized carbons (Fsp3) is 0.188. The van der Waals surface area contributed by atoms with Crippen molar-refractivity contribution in [3.05, 3.63) is 70.5 Å². The van der Waals surface area contributed by atoms with Crippen LogP contribution in [0.4, 0.5) is 0 Å². The SMILES string of the molecule is Cc1nc(C(NS(=O)(=O)c2cnc(Cl)c(C)c2)c2ccccc2)n[nH]1. The number of hydrogen-bond acceptors (Lipinski definition) is 5. The molecule has 130 valence electrons. The van der Waals surface area contributed by atoms with Crippen LogP contribution in [0, 0.1) is 13.8 Å². The lowest BCUT2D eigenvalue weighted by Crippen LogP contribution is -2.30. The van der Waals surface area contributed by atoms with Crippen molar-refractivity contribution < 1.29 is 8.42 Å². The number of H-pyrrole nitrogens is 1. The van der Waals surface area contributed by atoms with E-state index in [4.69, 9.17) is 11.6 Å². The van der Waals surface area contributed by atoms with Crippen LogP contribution in [0.3, 0.4) is 0 Å². The fourth-order valence-electron chi connectivity index (χ4n) is 2.31. The molecule has 0 amide bonds. The Balaban J connectivity index is 2.01. The van der Waals surface area contributed by atoms with Gasteiger partial charge >= 0.3 is 0 Å². The maximum absolute atomic E-state index is 12.8. The third-order valence-electron chi connectivity index (χ3n) is 3.58. The van der Waals surface area contributed by atoms with Crippen LogP contribution in [0.5, 0.6) is 0 Å². The Labute approximate surface area is 150 Å². The maximum atomic E-state index is 12.8. The quantitative estimate of drug-likeness (QED) is 0.665. The summed E-state index contributed by atoms with van der Waals surface area (Å²) in [7, 11) is -3.85. The number of aromatic amines is 1. The highest BCUT2D eigenvalue weighted by Gasteiger charge is 2.26. The Morgan fingerprint density at radius 2 is 1.92 bits per heavy atom. The van der Waals surface area contributed by atoms with Crippen molar-refractivity contribution in [2.75, 3.05) is 0 Å². The number of hydrogen-bond donors (Lipinski definition) is 2. The molecule has 7 nitrogen and oxygen atoms in total. The van der Waals surface area contributed by atoms with E-state index < -0.39 is 16.1 Å². The van der Waals surface area contributed by atoms with Gasteiger partial charge in [-0.2, -0.15) is 9.82 Å². The zero-order valence-corrected chi connectivity index (χ0v) is 15.1. The van der Waals surface area contributed by atoms with E-state index in [9.17, 15) is 8.42 Å². The molecular weight excluding hydrogens is 362 g/mol. The normalized spacial score (nSPS) is 12.9. The third-order valence-corrected chi connectivity index (χ3v) is 5.36. The van der Waals surface area contributed by atoms with Crippen molar-refractivity contribution in [3.63, 3.8) is 0 Å². The first-order chi connectivity index (χ1) is 11.9. The predicted molar refractivity (Wildman–Crippen MR) is 93.7 cm³/mol. The summed E-state index contributed by atoms with van der Waals surface area (Å²) in [5, 5.41) is 7.10. The van der Waals surface area contributed by atoms with Crippen molar-refractivity contribution in [1.82, 2.24) is 24.9 Å². The number of benzene rings is 1. The molecule has 2 aromatic heterocycles. The number of nitrogens with zero attached hydrogens (tertiary/aromatic N) is 3. The summed E-state index contributed by atoms with van der Waals surface area (Å²) in [6, 6.07) is 9.86. The summed E-state index contributed by atoms with van der Waals surface area (Å²) >= 11 is 5.88. The molecule has 2 heterocycles. The third kappa shape index (κ3) is 3.87. The monoisotopic (exact) mass is 377 g/mol. The van der Waals surface area contributed by atoms with Gasteiger partial charge in [0.1, 0.15) is 21.9 Å². The first-order valence-corrected chi connectivity index (χ1v) is 9.31. The van der Waals surface area contributed by atoms with E-state index in [-0.39, 0.29) is 10.0 Å². The minimum atomic E-state index is -3.85. The first-order valence-electron chi connectivity index (χ1n) is 7.45. The van der Waals surface area contributed by atoms with E-state index in [1.165, 1.54) is 12.3 Å². The number of sulfonamides is 1. The average molecular weight is 378 g/mol. The van der Waals surface area contributed by atoms with Crippen molar-refractivity contribution in [2.24, 2.45) is 0 Å². The predicted octanol–water partition coefficient (Wildman–Crippen LogP) is 2.54. The number of pyridine rings is 1. The summed E-state index contributed by atoms with van der Waals surface area (Å²) in [6.07, 6.45) is 1.23. The maximum Gasteiger partial charge on any atom is 0.243 e. The minimum absolute atomic E-state index is 0.0302. The molecule has 0 fully saturated rings. The molecule has 0 aliphatic heterocycles. The number of nitrogens with one attached hydrogen (secondary N) is 2. The molecule has 2 N–H and O–H groups in total. The van der Waals surface area contributed by atoms with Gasteiger partial charge in [0, 0.05) is 6.20 Å². The molecule has 0 radical (unpaired) electrons. The zero-order valence-electron chi connectivity index (χ0n) is 13.6. The molecule has 0 bridgehead atoms. The van der Waals surface area contributed by atoms with Gasteiger partial charge in [0.25, 0.3) is 0 Å². The molecular formula is C16H16ClN5O2S. The topological polar surface area (TPSA) is 101 Å². The Bertz CT molecular complexity index is 989. The van der Waals surface area contributed by atoms with E-state index in [0.29, 0.717) is 17.2 Å². The first kappa shape index (κ1) is 17.5. The van der Waals surface area contributed by atoms with Crippen LogP contribution in [0.25, 0.3) is 0 Å². The second-order valence-corrected chi connectivity index (χ2v) is 7.59. The average Bonchev–Trinajstić information content (AvgIpc) is 3.02. The van der Waals surface area contributed by atoms with Crippen molar-refractivity contribution >= 4 is 21.6 Å². The number of halogens is 1. The molecule has 0 saturated carbocycles. The molecule has 3 rings (SSSR count). The molecule has 1 unspecified atom stereocenters. The highest BCUT2D eigenvalue weighted by atomic mass is 35.5. The van der Waals surface area contributed by atoms with Gasteiger partial charge in [-0.05, 0) is 31.0 Å². The lowest BCUT2D eigenvalue weighted by molar-refractivity contribution is 0.567. The molecule has 0 aliphatic carbocycles. The van der Waals surface area contributed by atoms with Crippen LogP contribution >= 0.6 is 11.6 Å². The van der Waals surface area contributed by atoms with Crippen molar-refractivity contribution in [1.29, 1.82) is 0 Å². The van der Waals surface area contributed by atoms with E-state index in [1.54, 1.807) is 13.8 Å². The van der Waals surface area contributed by atoms with Gasteiger partial charge in [0.05, 0.1) is 0 Å². The summed E-state index contributed by atoms with van der Waals surface area (Å²) in [6.45, 7) is 3.45. The van der Waals surface area contributed by atoms with Crippen LogP contribution < -0.4 is 4.72 Å². The standard InChI is InChI=1S/C16H16ClN5O2S/c1-10-8-13(9-18-15(10)17)25(23,24)22-14(12-6-4-3-5-7-12)16-19-11(2)20-21-16/h3-9,14,22H,1-2H3,(H,19,20,21). The number of aryl methyl sites for hydroxylation is 2. The number of aromatic nitrogens is 4. The van der Waals surface area contributed by atoms with E-state index in [0.717, 1.165) is 5.56 Å². The summed E-state index contributed by atoms with van der Waals surface area (Å²) in [5.74, 6) is 0.935. The van der Waals surface area contributed by atoms with Crippen molar-refractivity contribution in [2.45, 2.75) is 24.8 Å². The lowest BCUT2D eigenvalue weighted by Gasteiger charge is -2.16. The van der Waals surface area contributed by atoms with E-state index >= 15 is 0 Å². The van der Waals surface area contributed by atoms with Gasteiger partial charge in [-0.15, -0.1) is 0 Å². The fourth-order valence-corrected chi connectivity index (χ4v) is 3.62. The summed E-state index contributed by atoms with van der Waals surface area (Å²) in [4.78, 5) is 8.21. The molecule has 0 aliphatic rings. The van der Waals surface area contributed by atoms with Crippen LogP contribution in [-0.2, 0) is 10.0 Å². The molecule has 9 heteroatoms. The minimum Gasteiger partial charge on any atom is -0.263 e. The Morgan fingerprint density at radius 3 is 2.52 bits per heavy atom. The molecule has 1 aromatic carbocycles. The molecule has 25 heavy (non-hydrogen) atoms. The molecule has 1 atom stereocenters. The lowest BCUT2D eigenvalue weighted by atomic mass is 10.1. The summed E-state index contributed by atoms with van der Waals surface area (Å²) < 4.78 is 28.2. The highest BCUT2D eigenvalue weighted by Crippen LogP contribution is 2.23. The van der Waals surface area contributed by atoms with E-state index in [1.807, 2.05) is 30.3 Å². The van der Waals surface area contributed by atoms with Gasteiger partial charge in [-0.3, -0.25) is 5.10 Å². The van der Waals surface area contributed by atoms with Crippen LogP contribution in [-0.4, -0.2) is 28.6 Å². The zero-order chi connectivity index (χ0) is 18.0. The van der Waals surface area contributed by atoms with Gasteiger partial charge in [0.2, 0.25) is 10.0 Å². The Morgan fingerprint density at radius 1 is 1.20 bits per heavy atom.